The molecule has 3 aliphatic carbocycles. The molecule has 2 amide bonds. The van der Waals surface area contributed by atoms with Crippen molar-refractivity contribution in [2.45, 2.75) is 83.8 Å². The van der Waals surface area contributed by atoms with E-state index in [1.807, 2.05) is 86.5 Å². The topological polar surface area (TPSA) is 118 Å². The summed E-state index contributed by atoms with van der Waals surface area (Å²) in [6.45, 7) is 9.88. The van der Waals surface area contributed by atoms with Crippen molar-refractivity contribution in [2.24, 2.45) is 29.1 Å². The lowest BCUT2D eigenvalue weighted by Crippen LogP contribution is -2.62. The van der Waals surface area contributed by atoms with Crippen LogP contribution in [-0.4, -0.2) is 111 Å². The fourth-order valence-corrected chi connectivity index (χ4v) is 9.95. The molecular formula is C45H63N5O5. The fraction of sp³-hybridized carbons (Fsp3) is 0.556. The Morgan fingerprint density at radius 2 is 1.75 bits per heavy atom. The zero-order valence-corrected chi connectivity index (χ0v) is 34.3. The Hall–Kier alpha value is -3.96. The molecule has 1 aliphatic heterocycles. The van der Waals surface area contributed by atoms with E-state index in [4.69, 9.17) is 4.74 Å². The number of anilines is 1. The minimum Gasteiger partial charge on any atom is -0.496 e. The third kappa shape index (κ3) is 8.58. The number of fused-ring (bicyclic) bond motifs is 2. The van der Waals surface area contributed by atoms with Crippen molar-refractivity contribution in [2.75, 3.05) is 53.3 Å². The molecule has 10 nitrogen and oxygen atoms in total. The van der Waals surface area contributed by atoms with Gasteiger partial charge in [-0.15, -0.1) is 0 Å². The van der Waals surface area contributed by atoms with Crippen LogP contribution in [0.5, 0.6) is 5.75 Å². The van der Waals surface area contributed by atoms with Crippen molar-refractivity contribution < 1.29 is 24.5 Å². The average molecular weight is 754 g/mol. The van der Waals surface area contributed by atoms with E-state index in [-0.39, 0.29) is 30.4 Å². The molecule has 3 saturated carbocycles. The highest BCUT2D eigenvalue weighted by Gasteiger charge is 2.57. The summed E-state index contributed by atoms with van der Waals surface area (Å²) >= 11 is 0. The van der Waals surface area contributed by atoms with Gasteiger partial charge in [-0.05, 0) is 92.8 Å². The second-order valence-electron chi connectivity index (χ2n) is 17.6. The summed E-state index contributed by atoms with van der Waals surface area (Å²) in [5.41, 5.74) is 5.37. The molecule has 1 unspecified atom stereocenters. The first kappa shape index (κ1) is 40.7. The van der Waals surface area contributed by atoms with Crippen molar-refractivity contribution >= 4 is 17.5 Å². The number of aliphatic hydroxyl groups is 2. The first-order valence-electron chi connectivity index (χ1n) is 20.0. The molecule has 3 aromatic carbocycles. The number of likely N-dealkylation sites (tertiary alicyclic amines) is 1. The first-order chi connectivity index (χ1) is 26.1. The number of ether oxygens (including phenoxy) is 1. The number of amides is 2. The second-order valence-corrected chi connectivity index (χ2v) is 17.6. The minimum absolute atomic E-state index is 0.0725. The maximum absolute atomic E-state index is 14.2. The van der Waals surface area contributed by atoms with Gasteiger partial charge in [-0.1, -0.05) is 69.3 Å². The van der Waals surface area contributed by atoms with Gasteiger partial charge in [-0.2, -0.15) is 0 Å². The first-order valence-corrected chi connectivity index (χ1v) is 20.0. The summed E-state index contributed by atoms with van der Waals surface area (Å²) in [6, 6.07) is 21.3. The Labute approximate surface area is 328 Å². The Morgan fingerprint density at radius 3 is 2.36 bits per heavy atom. The molecule has 7 rings (SSSR count). The molecule has 2 bridgehead atoms. The van der Waals surface area contributed by atoms with Crippen molar-refractivity contribution in [1.29, 1.82) is 0 Å². The number of benzene rings is 3. The summed E-state index contributed by atoms with van der Waals surface area (Å²) in [5.74, 6) is 1.25. The summed E-state index contributed by atoms with van der Waals surface area (Å²) in [5, 5.41) is 28.8. The number of carbonyl (C=O) groups is 2. The van der Waals surface area contributed by atoms with Gasteiger partial charge in [0, 0.05) is 74.1 Å². The molecule has 4 aliphatic rings. The third-order valence-electron chi connectivity index (χ3n) is 13.1. The fourth-order valence-electron chi connectivity index (χ4n) is 9.95. The van der Waals surface area contributed by atoms with Gasteiger partial charge in [-0.25, -0.2) is 0 Å². The van der Waals surface area contributed by atoms with Crippen LogP contribution in [-0.2, 0) is 17.8 Å². The zero-order chi connectivity index (χ0) is 39.8. The predicted molar refractivity (Wildman–Crippen MR) is 219 cm³/mol. The summed E-state index contributed by atoms with van der Waals surface area (Å²) in [7, 11) is 9.57. The van der Waals surface area contributed by atoms with Crippen molar-refractivity contribution in [3.63, 3.8) is 0 Å². The molecule has 298 valence electrons. The van der Waals surface area contributed by atoms with Crippen LogP contribution in [0, 0.1) is 29.1 Å². The summed E-state index contributed by atoms with van der Waals surface area (Å²) < 4.78 is 6.13. The van der Waals surface area contributed by atoms with E-state index < -0.39 is 24.2 Å². The number of hydrogen-bond donors (Lipinski definition) is 4. The van der Waals surface area contributed by atoms with Crippen LogP contribution >= 0.6 is 0 Å². The molecule has 0 radical (unpaired) electrons. The second kappa shape index (κ2) is 16.6. The zero-order valence-electron chi connectivity index (χ0n) is 34.3. The number of carbonyl (C=O) groups excluding carboxylic acids is 2. The Bertz CT molecular complexity index is 1810. The quantitative estimate of drug-likeness (QED) is 0.181. The van der Waals surface area contributed by atoms with E-state index in [9.17, 15) is 19.8 Å². The normalized spacial score (nSPS) is 26.9. The van der Waals surface area contributed by atoms with Gasteiger partial charge in [-0.3, -0.25) is 14.5 Å². The van der Waals surface area contributed by atoms with E-state index in [1.165, 1.54) is 6.42 Å². The van der Waals surface area contributed by atoms with Gasteiger partial charge in [0.1, 0.15) is 5.75 Å². The average Bonchev–Trinajstić information content (AvgIpc) is 3.47. The molecule has 0 spiro atoms. The lowest BCUT2D eigenvalue weighted by molar-refractivity contribution is -0.139. The Morgan fingerprint density at radius 1 is 1.02 bits per heavy atom. The summed E-state index contributed by atoms with van der Waals surface area (Å²) in [4.78, 5) is 34.3. The highest BCUT2D eigenvalue weighted by Crippen LogP contribution is 2.61. The highest BCUT2D eigenvalue weighted by atomic mass is 16.5. The van der Waals surface area contributed by atoms with Gasteiger partial charge in [0.05, 0.1) is 25.4 Å². The lowest BCUT2D eigenvalue weighted by Gasteiger charge is -2.62. The molecular weight excluding hydrogens is 691 g/mol. The lowest BCUT2D eigenvalue weighted by atomic mass is 9.45. The molecule has 3 aromatic rings. The standard InChI is InChI=1S/C45H63N5O5/c1-27-37-22-33(45(37,3)4)23-38(27)47-44(54)41-40(28(2)51)39(52)26-50(41)24-30-16-13-17-36(42(30)55-9)31-19-32(21-35(20-31)49(7)8)43(53)46-34(25-48(5)6)18-29-14-11-10-12-15-29/h10-17,19-21,27-28,33-34,37-41,51-52H,18,22-26H2,1-9H3,(H,46,53)(H,47,54)/t27-,28-,33+,34-,37-,38?,39-,40+,41-/m0/s1. The minimum atomic E-state index is -0.872. The maximum atomic E-state index is 14.2. The molecule has 9 atom stereocenters. The molecule has 4 fully saturated rings. The summed E-state index contributed by atoms with van der Waals surface area (Å²) in [6.07, 6.45) is 1.15. The van der Waals surface area contributed by atoms with Crippen LogP contribution < -0.4 is 20.3 Å². The van der Waals surface area contributed by atoms with E-state index in [0.29, 0.717) is 54.0 Å². The largest absolute Gasteiger partial charge is 0.496 e. The SMILES string of the molecule is COc1c(CN2C[C@H](O)[C@@H]([C@H](C)O)[C@H]2C(=O)NC2C[C@H]3C[C@@H]([C@@H]2C)C3(C)C)cccc1-c1cc(C(=O)N[C@@H](Cc2ccccc2)CN(C)C)cc(N(C)C)c1. The van der Waals surface area contributed by atoms with E-state index in [2.05, 4.69) is 54.5 Å². The molecule has 10 heteroatoms. The van der Waals surface area contributed by atoms with Gasteiger partial charge in [0.25, 0.3) is 5.91 Å². The van der Waals surface area contributed by atoms with Gasteiger partial charge in [0.2, 0.25) is 5.91 Å². The monoisotopic (exact) mass is 753 g/mol. The highest BCUT2D eigenvalue weighted by molar-refractivity contribution is 5.97. The Balaban J connectivity index is 1.27. The number of nitrogens with one attached hydrogen (secondary N) is 2. The number of methoxy groups -OCH3 is 1. The van der Waals surface area contributed by atoms with Crippen LogP contribution in [0.3, 0.4) is 0 Å². The number of rotatable bonds is 14. The van der Waals surface area contributed by atoms with Crippen LogP contribution in [0.2, 0.25) is 0 Å². The number of para-hydroxylation sites is 1. The van der Waals surface area contributed by atoms with Crippen LogP contribution in [0.25, 0.3) is 11.1 Å². The number of hydrogen-bond acceptors (Lipinski definition) is 8. The molecule has 55 heavy (non-hydrogen) atoms. The van der Waals surface area contributed by atoms with Crippen LogP contribution in [0.15, 0.2) is 66.7 Å². The van der Waals surface area contributed by atoms with E-state index in [0.717, 1.165) is 34.4 Å². The number of likely N-dealkylation sites (N-methyl/N-ethyl adjacent to an activating group) is 1. The molecule has 1 heterocycles. The number of aliphatic hydroxyl groups excluding tert-OH is 2. The van der Waals surface area contributed by atoms with E-state index >= 15 is 0 Å². The number of nitrogens with zero attached hydrogens (tertiary/aromatic N) is 3. The van der Waals surface area contributed by atoms with Crippen LogP contribution in [0.1, 0.15) is 62.0 Å². The molecule has 1 saturated heterocycles. The van der Waals surface area contributed by atoms with Gasteiger partial charge < -0.3 is 35.4 Å². The smallest absolute Gasteiger partial charge is 0.251 e. The number of β-amino-alcohol motifs (C(OH)–C–C–N with tert-alkyl or cyclic N) is 1. The van der Waals surface area contributed by atoms with Gasteiger partial charge >= 0.3 is 0 Å². The van der Waals surface area contributed by atoms with Gasteiger partial charge in [0.15, 0.2) is 0 Å². The van der Waals surface area contributed by atoms with Crippen LogP contribution in [0.4, 0.5) is 5.69 Å². The third-order valence-corrected chi connectivity index (χ3v) is 13.1. The maximum Gasteiger partial charge on any atom is 0.251 e. The molecule has 4 N–H and O–H groups in total. The predicted octanol–water partition coefficient (Wildman–Crippen LogP) is 5.06. The van der Waals surface area contributed by atoms with Crippen molar-refractivity contribution in [3.05, 3.63) is 83.4 Å². The van der Waals surface area contributed by atoms with Crippen molar-refractivity contribution in [1.82, 2.24) is 20.4 Å². The Kier molecular flexibility index (Phi) is 12.3. The molecule has 0 aromatic heterocycles. The van der Waals surface area contributed by atoms with Crippen molar-refractivity contribution in [3.8, 4) is 16.9 Å². The van der Waals surface area contributed by atoms with E-state index in [1.54, 1.807) is 14.0 Å².